The van der Waals surface area contributed by atoms with Gasteiger partial charge in [-0.3, -0.25) is 0 Å². The van der Waals surface area contributed by atoms with Gasteiger partial charge in [-0.25, -0.2) is 0 Å². The molecule has 0 saturated carbocycles. The lowest BCUT2D eigenvalue weighted by atomic mass is 9.91. The summed E-state index contributed by atoms with van der Waals surface area (Å²) in [6, 6.07) is 55.9. The Hall–Kier alpha value is -5.66. The van der Waals surface area contributed by atoms with Gasteiger partial charge in [-0.2, -0.15) is 0 Å². The fourth-order valence-corrected chi connectivity index (χ4v) is 7.64. The maximum absolute atomic E-state index is 2.54. The molecule has 0 fully saturated rings. The third-order valence-electron chi connectivity index (χ3n) is 9.44. The van der Waals surface area contributed by atoms with Crippen molar-refractivity contribution >= 4 is 65.8 Å². The zero-order valence-corrected chi connectivity index (χ0v) is 23.4. The lowest BCUT2D eigenvalue weighted by Crippen LogP contribution is -2.00. The Morgan fingerprint density at radius 3 is 1.30 bits per heavy atom. The van der Waals surface area contributed by atoms with E-state index in [1.54, 1.807) is 0 Å². The highest BCUT2D eigenvalue weighted by atomic mass is 15.0. The van der Waals surface area contributed by atoms with Gasteiger partial charge in [0.2, 0.25) is 0 Å². The minimum Gasteiger partial charge on any atom is -0.308 e. The van der Waals surface area contributed by atoms with Gasteiger partial charge in [0.1, 0.15) is 0 Å². The van der Waals surface area contributed by atoms with Gasteiger partial charge in [-0.1, -0.05) is 115 Å². The van der Waals surface area contributed by atoms with Crippen molar-refractivity contribution in [3.05, 3.63) is 179 Å². The Morgan fingerprint density at radius 2 is 0.744 bits per heavy atom. The summed E-state index contributed by atoms with van der Waals surface area (Å²) in [7, 11) is 0. The molecule has 0 N–H and O–H groups in total. The summed E-state index contributed by atoms with van der Waals surface area (Å²) in [5.41, 5.74) is 14.2. The summed E-state index contributed by atoms with van der Waals surface area (Å²) < 4.78 is 2.54. The molecule has 1 heterocycles. The fourth-order valence-electron chi connectivity index (χ4n) is 7.64. The molecule has 2 aliphatic carbocycles. The van der Waals surface area contributed by atoms with Gasteiger partial charge in [0, 0.05) is 27.5 Å². The van der Waals surface area contributed by atoms with E-state index in [2.05, 4.69) is 156 Å². The van der Waals surface area contributed by atoms with E-state index in [1.165, 1.54) is 93.6 Å². The van der Waals surface area contributed by atoms with Crippen molar-refractivity contribution in [2.24, 2.45) is 0 Å². The topological polar surface area (TPSA) is 4.93 Å². The first-order chi connectivity index (χ1) is 21.3. The van der Waals surface area contributed by atoms with Crippen LogP contribution in [0.1, 0.15) is 27.8 Å². The second-order valence-corrected chi connectivity index (χ2v) is 11.7. The van der Waals surface area contributed by atoms with Crippen LogP contribution in [0.25, 0.3) is 65.8 Å². The normalized spacial score (nSPS) is 13.9. The Kier molecular flexibility index (Phi) is 4.51. The third-order valence-corrected chi connectivity index (χ3v) is 9.44. The Bertz CT molecular complexity index is 2490. The summed E-state index contributed by atoms with van der Waals surface area (Å²) in [4.78, 5) is 0. The van der Waals surface area contributed by atoms with Crippen LogP contribution in [-0.2, 0) is 0 Å². The number of para-hydroxylation sites is 2. The predicted molar refractivity (Wildman–Crippen MR) is 182 cm³/mol. The van der Waals surface area contributed by atoms with E-state index in [1.807, 2.05) is 0 Å². The van der Waals surface area contributed by atoms with E-state index in [4.69, 9.17) is 0 Å². The van der Waals surface area contributed by atoms with Crippen molar-refractivity contribution in [1.82, 2.24) is 4.57 Å². The van der Waals surface area contributed by atoms with Crippen LogP contribution in [0.5, 0.6) is 0 Å². The number of rotatable bonds is 2. The molecule has 1 heteroatoms. The van der Waals surface area contributed by atoms with Crippen LogP contribution in [0, 0.1) is 0 Å². The first-order valence-electron chi connectivity index (χ1n) is 15.0. The van der Waals surface area contributed by atoms with E-state index >= 15 is 0 Å². The van der Waals surface area contributed by atoms with Crippen molar-refractivity contribution < 1.29 is 0 Å². The zero-order valence-electron chi connectivity index (χ0n) is 23.4. The Labute approximate surface area is 249 Å². The van der Waals surface area contributed by atoms with Crippen molar-refractivity contribution in [3.8, 4) is 0 Å². The number of allylic oxidation sites excluding steroid dienone is 2. The molecule has 0 saturated heterocycles. The van der Waals surface area contributed by atoms with Gasteiger partial charge < -0.3 is 4.57 Å². The van der Waals surface area contributed by atoms with E-state index < -0.39 is 0 Å². The second kappa shape index (κ2) is 8.44. The lowest BCUT2D eigenvalue weighted by Gasteiger charge is -2.16. The van der Waals surface area contributed by atoms with Crippen molar-refractivity contribution in [3.63, 3.8) is 0 Å². The fraction of sp³-hybridized carbons (Fsp3) is 0. The average molecular weight is 544 g/mol. The molecule has 0 radical (unpaired) electrons. The number of fused-ring (bicyclic) bond motifs is 10. The molecule has 0 spiro atoms. The number of nitrogens with zero attached hydrogens (tertiary/aromatic N) is 1. The lowest BCUT2D eigenvalue weighted by molar-refractivity contribution is 1.23. The summed E-state index contributed by atoms with van der Waals surface area (Å²) >= 11 is 0. The number of aromatic nitrogens is 1. The van der Waals surface area contributed by atoms with E-state index in [-0.39, 0.29) is 0 Å². The van der Waals surface area contributed by atoms with Crippen LogP contribution in [0.15, 0.2) is 152 Å². The van der Waals surface area contributed by atoms with Gasteiger partial charge in [0.15, 0.2) is 0 Å². The average Bonchev–Trinajstić information content (AvgIpc) is 3.68. The summed E-state index contributed by atoms with van der Waals surface area (Å²) in [5, 5.41) is 7.64. The smallest absolute Gasteiger partial charge is 0.0626 e. The number of hydrogen-bond acceptors (Lipinski definition) is 0. The van der Waals surface area contributed by atoms with Crippen LogP contribution >= 0.6 is 0 Å². The molecule has 198 valence electrons. The molecule has 0 atom stereocenters. The minimum absolute atomic E-state index is 1.24. The van der Waals surface area contributed by atoms with Crippen LogP contribution in [0.2, 0.25) is 0 Å². The van der Waals surface area contributed by atoms with E-state index in [0.717, 1.165) is 0 Å². The Morgan fingerprint density at radius 1 is 0.326 bits per heavy atom. The van der Waals surface area contributed by atoms with Gasteiger partial charge >= 0.3 is 0 Å². The molecule has 0 amide bonds. The first-order valence-corrected chi connectivity index (χ1v) is 15.0. The number of benzene rings is 7. The van der Waals surface area contributed by atoms with Gasteiger partial charge in [-0.05, 0) is 85.8 Å². The molecular formula is C42H25N. The second-order valence-electron chi connectivity index (χ2n) is 11.7. The molecule has 43 heavy (non-hydrogen) atoms. The van der Waals surface area contributed by atoms with E-state index in [0.29, 0.717) is 0 Å². The summed E-state index contributed by atoms with van der Waals surface area (Å²) in [6.07, 6.45) is 0. The number of hydrogen-bond donors (Lipinski definition) is 0. The SMILES string of the molecule is c1ccc(C2=C3C(=C(n4c5ccccc5c5ccccc54)c4cc5ccccc5cc43)c3cc4ccccc4cc32)cc1. The van der Waals surface area contributed by atoms with Crippen molar-refractivity contribution in [2.45, 2.75) is 0 Å². The standard InChI is InChI=1S/C42H25N/c1-2-12-26(13-3-1)39-33-22-27-14-4-5-15-28(27)23-34(33)41-40(39)35-24-29-16-6-7-17-30(29)25-36(35)42(41)43-37-20-10-8-18-31(37)32-19-9-11-21-38(32)43/h1-25H. The molecule has 8 aromatic rings. The molecule has 0 unspecified atom stereocenters. The molecule has 1 aromatic heterocycles. The predicted octanol–water partition coefficient (Wildman–Crippen LogP) is 10.8. The molecule has 7 aromatic carbocycles. The molecule has 10 rings (SSSR count). The molecule has 0 aliphatic heterocycles. The molecule has 1 nitrogen and oxygen atoms in total. The summed E-state index contributed by atoms with van der Waals surface area (Å²) in [5.74, 6) is 0. The van der Waals surface area contributed by atoms with E-state index in [9.17, 15) is 0 Å². The highest BCUT2D eigenvalue weighted by Crippen LogP contribution is 2.59. The first kappa shape index (κ1) is 23.0. The van der Waals surface area contributed by atoms with Crippen LogP contribution < -0.4 is 0 Å². The van der Waals surface area contributed by atoms with Crippen LogP contribution in [0.3, 0.4) is 0 Å². The molecular weight excluding hydrogens is 518 g/mol. The largest absolute Gasteiger partial charge is 0.308 e. The third kappa shape index (κ3) is 3.06. The maximum Gasteiger partial charge on any atom is 0.0626 e. The Balaban J connectivity index is 1.45. The van der Waals surface area contributed by atoms with Gasteiger partial charge in [0.05, 0.1) is 16.7 Å². The van der Waals surface area contributed by atoms with Crippen molar-refractivity contribution in [1.29, 1.82) is 0 Å². The molecule has 2 aliphatic rings. The van der Waals surface area contributed by atoms with Gasteiger partial charge in [-0.15, -0.1) is 0 Å². The molecule has 0 bridgehead atoms. The van der Waals surface area contributed by atoms with Gasteiger partial charge in [0.25, 0.3) is 0 Å². The van der Waals surface area contributed by atoms with Crippen molar-refractivity contribution in [2.75, 3.05) is 0 Å². The highest BCUT2D eigenvalue weighted by Gasteiger charge is 2.39. The monoisotopic (exact) mass is 543 g/mol. The minimum atomic E-state index is 1.24. The van der Waals surface area contributed by atoms with Crippen LogP contribution in [-0.4, -0.2) is 4.57 Å². The highest BCUT2D eigenvalue weighted by molar-refractivity contribution is 6.36. The zero-order chi connectivity index (χ0) is 28.1. The summed E-state index contributed by atoms with van der Waals surface area (Å²) in [6.45, 7) is 0. The van der Waals surface area contributed by atoms with Crippen LogP contribution in [0.4, 0.5) is 0 Å². The quantitative estimate of drug-likeness (QED) is 0.204. The maximum atomic E-state index is 2.54.